The van der Waals surface area contributed by atoms with Crippen molar-refractivity contribution in [3.05, 3.63) is 54.1 Å². The van der Waals surface area contributed by atoms with Crippen LogP contribution in [0.3, 0.4) is 0 Å². The maximum absolute atomic E-state index is 5.76. The van der Waals surface area contributed by atoms with E-state index >= 15 is 0 Å². The van der Waals surface area contributed by atoms with Gasteiger partial charge in [-0.25, -0.2) is 0 Å². The number of aromatic nitrogens is 1. The predicted octanol–water partition coefficient (Wildman–Crippen LogP) is 3.49. The maximum Gasteiger partial charge on any atom is 0.117 e. The topological polar surface area (TPSA) is 50.9 Å². The summed E-state index contributed by atoms with van der Waals surface area (Å²) in [6, 6.07) is 16.1. The maximum atomic E-state index is 5.76. The highest BCUT2D eigenvalue weighted by atomic mass is 32.1. The Morgan fingerprint density at radius 2 is 2.00 bits per heavy atom. The molecule has 4 heteroatoms. The van der Waals surface area contributed by atoms with Gasteiger partial charge in [0.1, 0.15) is 5.00 Å². The largest absolute Gasteiger partial charge is 0.399 e. The lowest BCUT2D eigenvalue weighted by atomic mass is 10.2. The number of nitrogen functional groups attached to an aromatic ring is 1. The Labute approximate surface area is 109 Å². The summed E-state index contributed by atoms with van der Waals surface area (Å²) in [5.41, 5.74) is 8.77. The van der Waals surface area contributed by atoms with Gasteiger partial charge in [0.05, 0.1) is 5.52 Å². The molecule has 3 N–H and O–H groups in total. The predicted molar refractivity (Wildman–Crippen MR) is 77.8 cm³/mol. The third-order valence-electron chi connectivity index (χ3n) is 2.79. The summed E-state index contributed by atoms with van der Waals surface area (Å²) in [7, 11) is 0. The molecule has 0 bridgehead atoms. The molecule has 0 aliphatic rings. The molecule has 18 heavy (non-hydrogen) atoms. The minimum absolute atomic E-state index is 0.761. The molecule has 0 radical (unpaired) electrons. The van der Waals surface area contributed by atoms with Crippen LogP contribution in [-0.2, 0) is 6.54 Å². The van der Waals surface area contributed by atoms with E-state index in [0.29, 0.717) is 0 Å². The number of nitrogens with zero attached hydrogens (tertiary/aromatic N) is 1. The number of nitrogens with one attached hydrogen (secondary N) is 1. The molecule has 90 valence electrons. The molecule has 0 amide bonds. The van der Waals surface area contributed by atoms with Gasteiger partial charge in [-0.05, 0) is 41.4 Å². The van der Waals surface area contributed by atoms with Crippen LogP contribution in [0.4, 0.5) is 10.7 Å². The van der Waals surface area contributed by atoms with Crippen molar-refractivity contribution < 1.29 is 0 Å². The van der Waals surface area contributed by atoms with Crippen molar-refractivity contribution in [3.63, 3.8) is 0 Å². The molecule has 0 saturated heterocycles. The van der Waals surface area contributed by atoms with Gasteiger partial charge in [0, 0.05) is 17.6 Å². The highest BCUT2D eigenvalue weighted by Gasteiger charge is 2.04. The van der Waals surface area contributed by atoms with Crippen LogP contribution in [0.2, 0.25) is 0 Å². The summed E-state index contributed by atoms with van der Waals surface area (Å²) in [6.45, 7) is 0.761. The molecule has 0 aliphatic carbocycles. The fourth-order valence-electron chi connectivity index (χ4n) is 1.90. The fourth-order valence-corrected chi connectivity index (χ4v) is 2.66. The van der Waals surface area contributed by atoms with Gasteiger partial charge in [-0.15, -0.1) is 0 Å². The van der Waals surface area contributed by atoms with E-state index < -0.39 is 0 Å². The summed E-state index contributed by atoms with van der Waals surface area (Å²) < 4.78 is 4.40. The number of fused-ring (bicyclic) bond motifs is 1. The van der Waals surface area contributed by atoms with Gasteiger partial charge in [-0.2, -0.15) is 4.37 Å². The van der Waals surface area contributed by atoms with E-state index in [9.17, 15) is 0 Å². The van der Waals surface area contributed by atoms with Gasteiger partial charge >= 0.3 is 0 Å². The van der Waals surface area contributed by atoms with Crippen molar-refractivity contribution in [3.8, 4) is 0 Å². The second kappa shape index (κ2) is 4.66. The van der Waals surface area contributed by atoms with Gasteiger partial charge in [-0.1, -0.05) is 24.3 Å². The first-order chi connectivity index (χ1) is 8.83. The highest BCUT2D eigenvalue weighted by Crippen LogP contribution is 2.27. The number of hydrogen-bond donors (Lipinski definition) is 2. The molecule has 0 fully saturated rings. The second-order valence-corrected chi connectivity index (χ2v) is 4.90. The van der Waals surface area contributed by atoms with E-state index in [1.807, 2.05) is 36.4 Å². The van der Waals surface area contributed by atoms with Crippen molar-refractivity contribution in [2.45, 2.75) is 6.54 Å². The molecule has 3 aromatic rings. The first-order valence-electron chi connectivity index (χ1n) is 5.75. The molecule has 1 heterocycles. The molecule has 0 unspecified atom stereocenters. The lowest BCUT2D eigenvalue weighted by molar-refractivity contribution is 1.17. The summed E-state index contributed by atoms with van der Waals surface area (Å²) in [5, 5.41) is 5.69. The molecule has 0 saturated carbocycles. The third kappa shape index (κ3) is 2.15. The van der Waals surface area contributed by atoms with Gasteiger partial charge in [0.25, 0.3) is 0 Å². The van der Waals surface area contributed by atoms with E-state index in [1.54, 1.807) is 0 Å². The van der Waals surface area contributed by atoms with Gasteiger partial charge in [0.15, 0.2) is 0 Å². The number of hydrogen-bond acceptors (Lipinski definition) is 4. The minimum Gasteiger partial charge on any atom is -0.399 e. The van der Waals surface area contributed by atoms with Crippen molar-refractivity contribution >= 4 is 33.1 Å². The average Bonchev–Trinajstić information content (AvgIpc) is 2.80. The Balaban J connectivity index is 1.81. The molecular weight excluding hydrogens is 242 g/mol. The number of rotatable bonds is 3. The van der Waals surface area contributed by atoms with Crippen LogP contribution >= 0.6 is 11.5 Å². The quantitative estimate of drug-likeness (QED) is 0.704. The zero-order valence-electron chi connectivity index (χ0n) is 9.76. The van der Waals surface area contributed by atoms with Crippen LogP contribution in [0.1, 0.15) is 5.56 Å². The average molecular weight is 255 g/mol. The number of nitrogens with two attached hydrogens (primary N) is 1. The van der Waals surface area contributed by atoms with Crippen molar-refractivity contribution in [1.82, 2.24) is 4.37 Å². The molecule has 3 rings (SSSR count). The zero-order chi connectivity index (χ0) is 12.4. The van der Waals surface area contributed by atoms with E-state index in [1.165, 1.54) is 22.5 Å². The monoisotopic (exact) mass is 255 g/mol. The Kier molecular flexibility index (Phi) is 2.86. The Bertz CT molecular complexity index is 675. The summed E-state index contributed by atoms with van der Waals surface area (Å²) in [5.74, 6) is 0. The van der Waals surface area contributed by atoms with Crippen molar-refractivity contribution in [2.24, 2.45) is 0 Å². The summed E-state index contributed by atoms with van der Waals surface area (Å²) >= 11 is 1.49. The SMILES string of the molecule is Nc1cccc(CNc2snc3ccccc23)c1. The van der Waals surface area contributed by atoms with Crippen LogP contribution in [0.5, 0.6) is 0 Å². The molecule has 2 aromatic carbocycles. The van der Waals surface area contributed by atoms with Crippen LogP contribution < -0.4 is 11.1 Å². The zero-order valence-corrected chi connectivity index (χ0v) is 10.6. The Hall–Kier alpha value is -2.07. The van der Waals surface area contributed by atoms with E-state index in [2.05, 4.69) is 21.8 Å². The first-order valence-corrected chi connectivity index (χ1v) is 6.53. The van der Waals surface area contributed by atoms with Crippen LogP contribution in [0.25, 0.3) is 10.9 Å². The van der Waals surface area contributed by atoms with E-state index in [-0.39, 0.29) is 0 Å². The lowest BCUT2D eigenvalue weighted by Gasteiger charge is -2.04. The van der Waals surface area contributed by atoms with Crippen molar-refractivity contribution in [2.75, 3.05) is 11.1 Å². The molecule has 0 aliphatic heterocycles. The van der Waals surface area contributed by atoms with Crippen LogP contribution in [0.15, 0.2) is 48.5 Å². The molecule has 3 nitrogen and oxygen atoms in total. The number of anilines is 2. The summed E-state index contributed by atoms with van der Waals surface area (Å²) in [4.78, 5) is 0. The van der Waals surface area contributed by atoms with Crippen LogP contribution in [0, 0.1) is 0 Å². The molecule has 0 spiro atoms. The van der Waals surface area contributed by atoms with Gasteiger partial charge < -0.3 is 11.1 Å². The fraction of sp³-hybridized carbons (Fsp3) is 0.0714. The smallest absolute Gasteiger partial charge is 0.117 e. The van der Waals surface area contributed by atoms with E-state index in [4.69, 9.17) is 5.73 Å². The first kappa shape index (κ1) is 11.0. The third-order valence-corrected chi connectivity index (χ3v) is 3.62. The second-order valence-electron chi connectivity index (χ2n) is 4.13. The van der Waals surface area contributed by atoms with Gasteiger partial charge in [0.2, 0.25) is 0 Å². The standard InChI is InChI=1S/C14H13N3S/c15-11-5-3-4-10(8-11)9-16-14-12-6-1-2-7-13(12)17-18-14/h1-8,16H,9,15H2. The lowest BCUT2D eigenvalue weighted by Crippen LogP contribution is -1.98. The van der Waals surface area contributed by atoms with Gasteiger partial charge in [-0.3, -0.25) is 0 Å². The molecule has 0 atom stereocenters. The minimum atomic E-state index is 0.761. The Morgan fingerprint density at radius 1 is 1.11 bits per heavy atom. The van der Waals surface area contributed by atoms with E-state index in [0.717, 1.165) is 22.7 Å². The molecular formula is C14H13N3S. The normalized spacial score (nSPS) is 10.7. The number of benzene rings is 2. The van der Waals surface area contributed by atoms with Crippen molar-refractivity contribution in [1.29, 1.82) is 0 Å². The highest BCUT2D eigenvalue weighted by molar-refractivity contribution is 7.11. The summed E-state index contributed by atoms with van der Waals surface area (Å²) in [6.07, 6.45) is 0. The Morgan fingerprint density at radius 3 is 2.89 bits per heavy atom. The molecule has 1 aromatic heterocycles. The van der Waals surface area contributed by atoms with Crippen LogP contribution in [-0.4, -0.2) is 4.37 Å².